The number of fused-ring (bicyclic) bond motifs is 1. The van der Waals surface area contributed by atoms with Crippen molar-refractivity contribution in [2.75, 3.05) is 12.4 Å². The molecule has 0 aliphatic rings. The van der Waals surface area contributed by atoms with Crippen LogP contribution in [0.4, 0.5) is 5.69 Å². The predicted molar refractivity (Wildman–Crippen MR) is 115 cm³/mol. The van der Waals surface area contributed by atoms with Gasteiger partial charge in [-0.25, -0.2) is 0 Å². The maximum Gasteiger partial charge on any atom is 0.261 e. The first kappa shape index (κ1) is 19.1. The van der Waals surface area contributed by atoms with Crippen LogP contribution in [0.25, 0.3) is 10.8 Å². The summed E-state index contributed by atoms with van der Waals surface area (Å²) in [4.78, 5) is 12.8. The van der Waals surface area contributed by atoms with Gasteiger partial charge in [0.05, 0.1) is 22.8 Å². The number of phenols is 1. The summed E-state index contributed by atoms with van der Waals surface area (Å²) in [6, 6.07) is 14.5. The van der Waals surface area contributed by atoms with E-state index in [-0.39, 0.29) is 10.9 Å². The Morgan fingerprint density at radius 2 is 1.93 bits per heavy atom. The SMILES string of the molecule is COc1c(C(=O)NC(=S)Nc2ccc(C)cc2O)cc2ccccc2c1Br. The molecule has 0 radical (unpaired) electrons. The number of carbonyl (C=O) groups is 1. The molecular weight excluding hydrogens is 428 g/mol. The van der Waals surface area contributed by atoms with Crippen LogP contribution in [0, 0.1) is 6.92 Å². The molecule has 7 heteroatoms. The van der Waals surface area contributed by atoms with Crippen LogP contribution in [-0.2, 0) is 0 Å². The molecule has 0 aromatic heterocycles. The molecule has 138 valence electrons. The average molecular weight is 445 g/mol. The van der Waals surface area contributed by atoms with Crippen LogP contribution in [0.1, 0.15) is 15.9 Å². The van der Waals surface area contributed by atoms with Crippen molar-refractivity contribution in [3.8, 4) is 11.5 Å². The number of benzene rings is 3. The van der Waals surface area contributed by atoms with Crippen molar-refractivity contribution in [2.45, 2.75) is 6.92 Å². The standard InChI is InChI=1S/C20H17BrN2O3S/c1-11-7-8-15(16(24)9-11)22-20(27)23-19(25)14-10-12-5-3-4-6-13(12)17(21)18(14)26-2/h3-10,24H,1-2H3,(H2,22,23,25,27). The van der Waals surface area contributed by atoms with Crippen molar-refractivity contribution in [2.24, 2.45) is 0 Å². The van der Waals surface area contributed by atoms with Crippen molar-refractivity contribution in [1.29, 1.82) is 0 Å². The van der Waals surface area contributed by atoms with Gasteiger partial charge in [-0.15, -0.1) is 0 Å². The average Bonchev–Trinajstić information content (AvgIpc) is 2.64. The highest BCUT2D eigenvalue weighted by Crippen LogP contribution is 2.36. The zero-order chi connectivity index (χ0) is 19.6. The zero-order valence-electron chi connectivity index (χ0n) is 14.7. The van der Waals surface area contributed by atoms with Gasteiger partial charge in [-0.1, -0.05) is 30.3 Å². The molecule has 0 fully saturated rings. The number of carbonyl (C=O) groups excluding carboxylic acids is 1. The van der Waals surface area contributed by atoms with Gasteiger partial charge in [-0.3, -0.25) is 10.1 Å². The molecular formula is C20H17BrN2O3S. The summed E-state index contributed by atoms with van der Waals surface area (Å²) in [7, 11) is 1.51. The number of amides is 1. The van der Waals surface area contributed by atoms with E-state index in [0.717, 1.165) is 16.3 Å². The minimum absolute atomic E-state index is 0.0534. The Hall–Kier alpha value is -2.64. The molecule has 1 amide bonds. The lowest BCUT2D eigenvalue weighted by atomic mass is 10.1. The third kappa shape index (κ3) is 4.04. The molecule has 0 bridgehead atoms. The predicted octanol–water partition coefficient (Wildman–Crippen LogP) is 4.75. The third-order valence-electron chi connectivity index (χ3n) is 4.02. The van der Waals surface area contributed by atoms with E-state index < -0.39 is 5.91 Å². The Kier molecular flexibility index (Phi) is 5.62. The lowest BCUT2D eigenvalue weighted by Gasteiger charge is -2.15. The van der Waals surface area contributed by atoms with E-state index in [4.69, 9.17) is 17.0 Å². The van der Waals surface area contributed by atoms with Crippen LogP contribution in [0.2, 0.25) is 0 Å². The number of hydrogen-bond donors (Lipinski definition) is 3. The first-order chi connectivity index (χ1) is 12.9. The molecule has 0 saturated carbocycles. The number of thiocarbonyl (C=S) groups is 1. The molecule has 0 aliphatic heterocycles. The molecule has 3 aromatic carbocycles. The van der Waals surface area contributed by atoms with Crippen molar-refractivity contribution in [1.82, 2.24) is 5.32 Å². The smallest absolute Gasteiger partial charge is 0.261 e. The molecule has 0 atom stereocenters. The molecule has 3 rings (SSSR count). The molecule has 0 spiro atoms. The molecule has 27 heavy (non-hydrogen) atoms. The largest absolute Gasteiger partial charge is 0.506 e. The van der Waals surface area contributed by atoms with Crippen molar-refractivity contribution >= 4 is 55.6 Å². The Bertz CT molecular complexity index is 1050. The Morgan fingerprint density at radius 1 is 1.19 bits per heavy atom. The fraction of sp³-hybridized carbons (Fsp3) is 0.100. The number of anilines is 1. The molecule has 0 saturated heterocycles. The number of nitrogens with one attached hydrogen (secondary N) is 2. The fourth-order valence-electron chi connectivity index (χ4n) is 2.72. The summed E-state index contributed by atoms with van der Waals surface area (Å²) in [6.07, 6.45) is 0. The van der Waals surface area contributed by atoms with Crippen molar-refractivity contribution < 1.29 is 14.6 Å². The van der Waals surface area contributed by atoms with Gasteiger partial charge in [0.2, 0.25) is 0 Å². The number of aryl methyl sites for hydroxylation is 1. The van der Waals surface area contributed by atoms with Crippen LogP contribution < -0.4 is 15.4 Å². The fourth-order valence-corrected chi connectivity index (χ4v) is 3.66. The van der Waals surface area contributed by atoms with E-state index in [9.17, 15) is 9.90 Å². The van der Waals surface area contributed by atoms with Crippen molar-refractivity contribution in [3.63, 3.8) is 0 Å². The molecule has 3 aromatic rings. The molecule has 3 N–H and O–H groups in total. The quantitative estimate of drug-likeness (QED) is 0.401. The first-order valence-corrected chi connectivity index (χ1v) is 9.28. The molecule has 0 aliphatic carbocycles. The number of rotatable bonds is 3. The van der Waals surface area contributed by atoms with Crippen molar-refractivity contribution in [3.05, 3.63) is 64.1 Å². The number of hydrogen-bond acceptors (Lipinski definition) is 4. The van der Waals surface area contributed by atoms with E-state index in [0.29, 0.717) is 21.5 Å². The van der Waals surface area contributed by atoms with Gasteiger partial charge >= 0.3 is 0 Å². The van der Waals surface area contributed by atoms with Gasteiger partial charge in [0, 0.05) is 0 Å². The van der Waals surface area contributed by atoms with Gasteiger partial charge in [-0.2, -0.15) is 0 Å². The van der Waals surface area contributed by atoms with E-state index in [1.54, 1.807) is 18.2 Å². The number of aromatic hydroxyl groups is 1. The maximum atomic E-state index is 12.8. The number of halogens is 1. The third-order valence-corrected chi connectivity index (χ3v) is 5.01. The molecule has 0 heterocycles. The summed E-state index contributed by atoms with van der Waals surface area (Å²) >= 11 is 8.72. The van der Waals surface area contributed by atoms with Crippen LogP contribution in [0.3, 0.4) is 0 Å². The monoisotopic (exact) mass is 444 g/mol. The van der Waals surface area contributed by atoms with E-state index in [1.165, 1.54) is 7.11 Å². The van der Waals surface area contributed by atoms with Gasteiger partial charge in [0.25, 0.3) is 5.91 Å². The number of methoxy groups -OCH3 is 1. The minimum Gasteiger partial charge on any atom is -0.506 e. The van der Waals surface area contributed by atoms with Gasteiger partial charge in [0.1, 0.15) is 11.5 Å². The Morgan fingerprint density at radius 3 is 2.63 bits per heavy atom. The van der Waals surface area contributed by atoms with Gasteiger partial charge in [0.15, 0.2) is 5.11 Å². The van der Waals surface area contributed by atoms with Gasteiger partial charge in [-0.05, 0) is 69.6 Å². The second kappa shape index (κ2) is 7.94. The van der Waals surface area contributed by atoms with E-state index in [2.05, 4.69) is 26.6 Å². The van der Waals surface area contributed by atoms with Crippen LogP contribution in [0.15, 0.2) is 53.0 Å². The molecule has 0 unspecified atom stereocenters. The normalized spacial score (nSPS) is 10.5. The Labute approximate surface area is 170 Å². The van der Waals surface area contributed by atoms with E-state index >= 15 is 0 Å². The lowest BCUT2D eigenvalue weighted by molar-refractivity contribution is 0.0975. The first-order valence-electron chi connectivity index (χ1n) is 8.08. The summed E-state index contributed by atoms with van der Waals surface area (Å²) in [5.74, 6) is 0.0622. The highest BCUT2D eigenvalue weighted by atomic mass is 79.9. The zero-order valence-corrected chi connectivity index (χ0v) is 17.1. The van der Waals surface area contributed by atoms with Crippen LogP contribution in [-0.4, -0.2) is 23.2 Å². The van der Waals surface area contributed by atoms with Crippen LogP contribution >= 0.6 is 28.1 Å². The second-order valence-electron chi connectivity index (χ2n) is 5.92. The summed E-state index contributed by atoms with van der Waals surface area (Å²) in [5, 5.41) is 17.3. The topological polar surface area (TPSA) is 70.6 Å². The summed E-state index contributed by atoms with van der Waals surface area (Å²) in [6.45, 7) is 1.87. The molecule has 5 nitrogen and oxygen atoms in total. The highest BCUT2D eigenvalue weighted by molar-refractivity contribution is 9.10. The van der Waals surface area contributed by atoms with Crippen LogP contribution in [0.5, 0.6) is 11.5 Å². The van der Waals surface area contributed by atoms with E-state index in [1.807, 2.05) is 37.3 Å². The summed E-state index contributed by atoms with van der Waals surface area (Å²) < 4.78 is 6.12. The summed E-state index contributed by atoms with van der Waals surface area (Å²) in [5.41, 5.74) is 1.68. The number of ether oxygens (including phenoxy) is 1. The lowest BCUT2D eigenvalue weighted by Crippen LogP contribution is -2.34. The second-order valence-corrected chi connectivity index (χ2v) is 7.12. The minimum atomic E-state index is -0.414. The van der Waals surface area contributed by atoms with Gasteiger partial charge < -0.3 is 15.2 Å². The number of phenolic OH excluding ortho intramolecular Hbond substituents is 1. The Balaban J connectivity index is 1.86. The highest BCUT2D eigenvalue weighted by Gasteiger charge is 2.19. The maximum absolute atomic E-state index is 12.8.